The zero-order valence-corrected chi connectivity index (χ0v) is 12.8. The highest BCUT2D eigenvalue weighted by Gasteiger charge is 2.30. The lowest BCUT2D eigenvalue weighted by Crippen LogP contribution is -2.42. The van der Waals surface area contributed by atoms with E-state index in [1.165, 1.54) is 12.8 Å². The number of hydrogen-bond acceptors (Lipinski definition) is 2. The average molecular weight is 254 g/mol. The molecular weight excluding hydrogens is 224 g/mol. The molecule has 0 radical (unpaired) electrons. The fourth-order valence-corrected chi connectivity index (χ4v) is 2.58. The topological polar surface area (TPSA) is 46.3 Å². The highest BCUT2D eigenvalue weighted by Crippen LogP contribution is 2.36. The number of carbonyl (C=O) groups is 1. The first-order valence-corrected chi connectivity index (χ1v) is 7.15. The van der Waals surface area contributed by atoms with Crippen LogP contribution in [0, 0.1) is 5.41 Å². The summed E-state index contributed by atoms with van der Waals surface area (Å²) < 4.78 is 0. The van der Waals surface area contributed by atoms with Gasteiger partial charge in [-0.15, -0.1) is 0 Å². The summed E-state index contributed by atoms with van der Waals surface area (Å²) in [7, 11) is 1.95. The lowest BCUT2D eigenvalue weighted by atomic mass is 9.75. The van der Waals surface area contributed by atoms with Gasteiger partial charge < -0.3 is 10.6 Å². The Bertz CT molecular complexity index is 281. The van der Waals surface area contributed by atoms with Gasteiger partial charge in [-0.25, -0.2) is 0 Å². The second kappa shape index (κ2) is 5.60. The second-order valence-electron chi connectivity index (χ2n) is 7.39. The minimum Gasteiger partial charge on any atom is -0.343 e. The van der Waals surface area contributed by atoms with Crippen LogP contribution >= 0.6 is 0 Å². The first kappa shape index (κ1) is 15.5. The summed E-state index contributed by atoms with van der Waals surface area (Å²) >= 11 is 0. The molecule has 18 heavy (non-hydrogen) atoms. The van der Waals surface area contributed by atoms with Gasteiger partial charge in [0.05, 0.1) is 0 Å². The zero-order chi connectivity index (χ0) is 14.0. The Morgan fingerprint density at radius 1 is 1.33 bits per heavy atom. The molecule has 1 rings (SSSR count). The van der Waals surface area contributed by atoms with Crippen molar-refractivity contribution in [3.8, 4) is 0 Å². The Balaban J connectivity index is 2.40. The molecule has 0 aliphatic heterocycles. The summed E-state index contributed by atoms with van der Waals surface area (Å²) in [6.45, 7) is 8.59. The van der Waals surface area contributed by atoms with E-state index >= 15 is 0 Å². The monoisotopic (exact) mass is 254 g/mol. The van der Waals surface area contributed by atoms with Crippen molar-refractivity contribution in [3.05, 3.63) is 0 Å². The van der Waals surface area contributed by atoms with Crippen LogP contribution in [0.2, 0.25) is 0 Å². The van der Waals surface area contributed by atoms with E-state index in [4.69, 9.17) is 5.73 Å². The Kier molecular flexibility index (Phi) is 4.82. The van der Waals surface area contributed by atoms with E-state index in [0.717, 1.165) is 19.3 Å². The molecule has 0 bridgehead atoms. The molecular formula is C15H30N2O. The maximum Gasteiger partial charge on any atom is 0.222 e. The SMILES string of the molecule is CN(C(=O)CCC(C)(C)N)C1CCC(C)(C)CC1. The van der Waals surface area contributed by atoms with Crippen molar-refractivity contribution in [3.63, 3.8) is 0 Å². The minimum absolute atomic E-state index is 0.245. The predicted octanol–water partition coefficient (Wildman–Crippen LogP) is 2.93. The standard InChI is InChI=1S/C15H30N2O/c1-14(2)9-6-12(7-10-14)17(5)13(18)8-11-15(3,4)16/h12H,6-11,16H2,1-5H3. The highest BCUT2D eigenvalue weighted by molar-refractivity contribution is 5.76. The summed E-state index contributed by atoms with van der Waals surface area (Å²) in [5.41, 5.74) is 6.14. The van der Waals surface area contributed by atoms with Gasteiger partial charge in [0.25, 0.3) is 0 Å². The summed E-state index contributed by atoms with van der Waals surface area (Å²) in [6, 6.07) is 0.436. The molecule has 3 heteroatoms. The van der Waals surface area contributed by atoms with Crippen molar-refractivity contribution >= 4 is 5.91 Å². The largest absolute Gasteiger partial charge is 0.343 e. The Morgan fingerprint density at radius 3 is 2.28 bits per heavy atom. The molecule has 1 aliphatic rings. The van der Waals surface area contributed by atoms with E-state index < -0.39 is 0 Å². The smallest absolute Gasteiger partial charge is 0.222 e. The molecule has 1 aliphatic carbocycles. The summed E-state index contributed by atoms with van der Waals surface area (Å²) in [5.74, 6) is 0.248. The van der Waals surface area contributed by atoms with Crippen LogP contribution in [0.4, 0.5) is 0 Å². The first-order chi connectivity index (χ1) is 8.11. The molecule has 3 nitrogen and oxygen atoms in total. The second-order valence-corrected chi connectivity index (χ2v) is 7.39. The van der Waals surface area contributed by atoms with Gasteiger partial charge in [-0.05, 0) is 51.4 Å². The number of amides is 1. The van der Waals surface area contributed by atoms with Crippen molar-refractivity contribution in [2.75, 3.05) is 7.05 Å². The molecule has 106 valence electrons. The van der Waals surface area contributed by atoms with Gasteiger partial charge in [0.15, 0.2) is 0 Å². The summed E-state index contributed by atoms with van der Waals surface area (Å²) in [6.07, 6.45) is 6.05. The number of rotatable bonds is 4. The maximum absolute atomic E-state index is 12.1. The normalized spacial score (nSPS) is 20.8. The third-order valence-electron chi connectivity index (χ3n) is 4.23. The summed E-state index contributed by atoms with van der Waals surface area (Å²) in [4.78, 5) is 14.1. The molecule has 0 aromatic carbocycles. The molecule has 1 saturated carbocycles. The van der Waals surface area contributed by atoms with Crippen LogP contribution < -0.4 is 5.73 Å². The van der Waals surface area contributed by atoms with Crippen molar-refractivity contribution in [2.24, 2.45) is 11.1 Å². The fourth-order valence-electron chi connectivity index (χ4n) is 2.58. The third kappa shape index (κ3) is 4.97. The van der Waals surface area contributed by atoms with Crippen LogP contribution in [0.25, 0.3) is 0 Å². The van der Waals surface area contributed by atoms with Crippen molar-refractivity contribution in [2.45, 2.75) is 77.8 Å². The Hall–Kier alpha value is -0.570. The molecule has 0 heterocycles. The van der Waals surface area contributed by atoms with Gasteiger partial charge >= 0.3 is 0 Å². The van der Waals surface area contributed by atoms with Crippen LogP contribution in [0.5, 0.6) is 0 Å². The highest BCUT2D eigenvalue weighted by atomic mass is 16.2. The molecule has 0 aromatic rings. The summed E-state index contributed by atoms with van der Waals surface area (Å²) in [5, 5.41) is 0. The van der Waals surface area contributed by atoms with Crippen molar-refractivity contribution in [1.82, 2.24) is 4.90 Å². The third-order valence-corrected chi connectivity index (χ3v) is 4.23. The van der Waals surface area contributed by atoms with Gasteiger partial charge in [-0.2, -0.15) is 0 Å². The molecule has 1 fully saturated rings. The van der Waals surface area contributed by atoms with Crippen LogP contribution in [0.1, 0.15) is 66.2 Å². The molecule has 0 saturated heterocycles. The Morgan fingerprint density at radius 2 is 1.83 bits per heavy atom. The van der Waals surface area contributed by atoms with Crippen molar-refractivity contribution < 1.29 is 4.79 Å². The van der Waals surface area contributed by atoms with E-state index in [1.54, 1.807) is 0 Å². The molecule has 1 amide bonds. The van der Waals surface area contributed by atoms with Crippen LogP contribution in [0.15, 0.2) is 0 Å². The zero-order valence-electron chi connectivity index (χ0n) is 12.8. The van der Waals surface area contributed by atoms with E-state index in [1.807, 2.05) is 25.8 Å². The van der Waals surface area contributed by atoms with Gasteiger partial charge in [0.2, 0.25) is 5.91 Å². The van der Waals surface area contributed by atoms with Crippen LogP contribution in [-0.2, 0) is 4.79 Å². The van der Waals surface area contributed by atoms with E-state index in [2.05, 4.69) is 13.8 Å². The van der Waals surface area contributed by atoms with E-state index in [-0.39, 0.29) is 11.4 Å². The lowest BCUT2D eigenvalue weighted by Gasteiger charge is -2.38. The van der Waals surface area contributed by atoms with Crippen LogP contribution in [-0.4, -0.2) is 29.4 Å². The molecule has 0 aromatic heterocycles. The fraction of sp³-hybridized carbons (Fsp3) is 0.933. The van der Waals surface area contributed by atoms with Gasteiger partial charge in [0, 0.05) is 25.0 Å². The first-order valence-electron chi connectivity index (χ1n) is 7.15. The van der Waals surface area contributed by atoms with E-state index in [9.17, 15) is 4.79 Å². The van der Waals surface area contributed by atoms with Crippen molar-refractivity contribution in [1.29, 1.82) is 0 Å². The number of hydrogen-bond donors (Lipinski definition) is 1. The lowest BCUT2D eigenvalue weighted by molar-refractivity contribution is -0.133. The van der Waals surface area contributed by atoms with Gasteiger partial charge in [-0.3, -0.25) is 4.79 Å². The molecule has 2 N–H and O–H groups in total. The van der Waals surface area contributed by atoms with Crippen LogP contribution in [0.3, 0.4) is 0 Å². The molecule has 0 spiro atoms. The maximum atomic E-state index is 12.1. The Labute approximate surface area is 112 Å². The number of nitrogens with zero attached hydrogens (tertiary/aromatic N) is 1. The van der Waals surface area contributed by atoms with E-state index in [0.29, 0.717) is 17.9 Å². The number of nitrogens with two attached hydrogens (primary N) is 1. The van der Waals surface area contributed by atoms with Gasteiger partial charge in [0.1, 0.15) is 0 Å². The quantitative estimate of drug-likeness (QED) is 0.838. The molecule has 0 unspecified atom stereocenters. The number of carbonyl (C=O) groups excluding carboxylic acids is 1. The predicted molar refractivity (Wildman–Crippen MR) is 76.3 cm³/mol. The van der Waals surface area contributed by atoms with Gasteiger partial charge in [-0.1, -0.05) is 13.8 Å². The minimum atomic E-state index is -0.245. The molecule has 0 atom stereocenters. The average Bonchev–Trinajstić information content (AvgIpc) is 2.24.